The molecule has 0 aliphatic carbocycles. The minimum absolute atomic E-state index is 0.560. The van der Waals surface area contributed by atoms with Gasteiger partial charge < -0.3 is 5.73 Å². The van der Waals surface area contributed by atoms with Crippen LogP contribution in [0.4, 0.5) is 0 Å². The van der Waals surface area contributed by atoms with Gasteiger partial charge in [-0.25, -0.2) is 0 Å². The van der Waals surface area contributed by atoms with Crippen molar-refractivity contribution >= 4 is 17.2 Å². The highest BCUT2D eigenvalue weighted by atomic mass is 32.1. The first-order valence-electron chi connectivity index (χ1n) is 1.85. The molecule has 0 unspecified atom stereocenters. The Labute approximate surface area is 43.5 Å². The minimum Gasteiger partial charge on any atom is -0.393 e. The Hall–Kier alpha value is -0.110. The molecule has 0 aromatic heterocycles. The summed E-state index contributed by atoms with van der Waals surface area (Å²) in [4.78, 5) is 0.560. The van der Waals surface area contributed by atoms with Crippen LogP contribution in [0.3, 0.4) is 0 Å². The van der Waals surface area contributed by atoms with Crippen LogP contribution in [-0.4, -0.2) is 4.99 Å². The topological polar surface area (TPSA) is 26.0 Å². The molecule has 0 fully saturated rings. The molecule has 2 heteroatoms. The summed E-state index contributed by atoms with van der Waals surface area (Å²) in [5.41, 5.74) is 5.09. The Balaban J connectivity index is 2.83. The van der Waals surface area contributed by atoms with E-state index in [4.69, 9.17) is 5.73 Å². The van der Waals surface area contributed by atoms with E-state index in [2.05, 4.69) is 19.1 Å². The van der Waals surface area contributed by atoms with Gasteiger partial charge in [-0.2, -0.15) is 0 Å². The second-order valence-electron chi connectivity index (χ2n) is 1.07. The third-order valence-corrected chi connectivity index (χ3v) is 0.627. The lowest BCUT2D eigenvalue weighted by molar-refractivity contribution is 1.10. The summed E-state index contributed by atoms with van der Waals surface area (Å²) in [5.74, 6) is 0. The maximum Gasteiger partial charge on any atom is 0.0727 e. The van der Waals surface area contributed by atoms with Gasteiger partial charge in [0.1, 0.15) is 0 Å². The van der Waals surface area contributed by atoms with Gasteiger partial charge in [0.05, 0.1) is 4.99 Å². The maximum absolute atomic E-state index is 5.09. The van der Waals surface area contributed by atoms with Crippen molar-refractivity contribution < 1.29 is 0 Å². The average Bonchev–Trinajstić information content (AvgIpc) is 1.35. The summed E-state index contributed by atoms with van der Waals surface area (Å²) in [6.07, 6.45) is 1.59. The highest BCUT2D eigenvalue weighted by Crippen LogP contribution is 1.82. The zero-order chi connectivity index (χ0) is 4.99. The summed E-state index contributed by atoms with van der Waals surface area (Å²) in [5, 5.41) is 0. The first-order chi connectivity index (χ1) is 2.77. The number of nitrogens with two attached hydrogens (primary N) is 1. The van der Waals surface area contributed by atoms with Crippen molar-refractivity contribution in [3.8, 4) is 0 Å². The van der Waals surface area contributed by atoms with Crippen molar-refractivity contribution in [2.45, 2.75) is 12.8 Å². The molecule has 0 aliphatic heterocycles. The summed E-state index contributed by atoms with van der Waals surface area (Å²) >= 11 is 4.53. The molecule has 0 atom stereocenters. The second kappa shape index (κ2) is 3.09. The van der Waals surface area contributed by atoms with Gasteiger partial charge in [0.25, 0.3) is 0 Å². The van der Waals surface area contributed by atoms with Gasteiger partial charge in [0.15, 0.2) is 0 Å². The lowest BCUT2D eigenvalue weighted by Gasteiger charge is -1.85. The summed E-state index contributed by atoms with van der Waals surface area (Å²) in [7, 11) is 0. The van der Waals surface area contributed by atoms with Crippen molar-refractivity contribution in [1.82, 2.24) is 0 Å². The van der Waals surface area contributed by atoms with E-state index in [-0.39, 0.29) is 0 Å². The Morgan fingerprint density at radius 2 is 2.33 bits per heavy atom. The monoisotopic (exact) mass is 102 g/mol. The van der Waals surface area contributed by atoms with Crippen LogP contribution in [0, 0.1) is 6.92 Å². The Morgan fingerprint density at radius 3 is 2.33 bits per heavy atom. The van der Waals surface area contributed by atoms with E-state index in [0.29, 0.717) is 4.99 Å². The van der Waals surface area contributed by atoms with Crippen LogP contribution in [0.25, 0.3) is 0 Å². The Bertz CT molecular complexity index is 51.5. The molecule has 1 nitrogen and oxygen atoms in total. The van der Waals surface area contributed by atoms with Crippen LogP contribution in [0.5, 0.6) is 0 Å². The average molecular weight is 102 g/mol. The lowest BCUT2D eigenvalue weighted by atomic mass is 10.3. The molecule has 0 saturated heterocycles. The molecule has 0 aromatic carbocycles. The fourth-order valence-electron chi connectivity index (χ4n) is 0.174. The van der Waals surface area contributed by atoms with Gasteiger partial charge in [0, 0.05) is 0 Å². The fraction of sp³-hybridized carbons (Fsp3) is 0.500. The van der Waals surface area contributed by atoms with Gasteiger partial charge in [-0.1, -0.05) is 19.1 Å². The molecular weight excluding hydrogens is 94.1 g/mol. The van der Waals surface area contributed by atoms with Crippen molar-refractivity contribution in [3.63, 3.8) is 0 Å². The molecule has 0 heterocycles. The first kappa shape index (κ1) is 5.89. The highest BCUT2D eigenvalue weighted by molar-refractivity contribution is 7.80. The van der Waals surface area contributed by atoms with Gasteiger partial charge in [-0.15, -0.1) is 0 Å². The van der Waals surface area contributed by atoms with Crippen molar-refractivity contribution in [1.29, 1.82) is 0 Å². The quantitative estimate of drug-likeness (QED) is 0.524. The van der Waals surface area contributed by atoms with Crippen LogP contribution in [0.15, 0.2) is 0 Å². The standard InChI is InChI=1S/C4H8NS/c1-2-3-4(5)6/h1-3H2,(H2,5,6). The largest absolute Gasteiger partial charge is 0.393 e. The van der Waals surface area contributed by atoms with E-state index in [1.807, 2.05) is 0 Å². The predicted molar refractivity (Wildman–Crippen MR) is 31.4 cm³/mol. The zero-order valence-electron chi connectivity index (χ0n) is 3.61. The molecule has 0 saturated carbocycles. The van der Waals surface area contributed by atoms with Gasteiger partial charge in [0.2, 0.25) is 0 Å². The van der Waals surface area contributed by atoms with E-state index in [1.165, 1.54) is 0 Å². The number of hydrogen-bond acceptors (Lipinski definition) is 1. The molecule has 35 valence electrons. The molecule has 0 aliphatic rings. The fourth-order valence-corrected chi connectivity index (χ4v) is 0.319. The van der Waals surface area contributed by atoms with E-state index in [1.54, 1.807) is 0 Å². The smallest absolute Gasteiger partial charge is 0.0727 e. The molecule has 0 aromatic rings. The van der Waals surface area contributed by atoms with Crippen LogP contribution < -0.4 is 5.73 Å². The van der Waals surface area contributed by atoms with Crippen molar-refractivity contribution in [2.24, 2.45) is 5.73 Å². The molecule has 2 N–H and O–H groups in total. The van der Waals surface area contributed by atoms with E-state index in [0.717, 1.165) is 12.8 Å². The number of hydrogen-bond donors (Lipinski definition) is 1. The summed E-state index contributed by atoms with van der Waals surface area (Å²) in [6, 6.07) is 0. The zero-order valence-corrected chi connectivity index (χ0v) is 4.42. The molecular formula is C4H8NS. The number of thiocarbonyl (C=S) groups is 1. The van der Waals surface area contributed by atoms with E-state index >= 15 is 0 Å². The van der Waals surface area contributed by atoms with Crippen LogP contribution in [-0.2, 0) is 0 Å². The number of rotatable bonds is 2. The second-order valence-corrected chi connectivity index (χ2v) is 1.59. The molecule has 0 bridgehead atoms. The lowest BCUT2D eigenvalue weighted by Crippen LogP contribution is -2.05. The molecule has 1 radical (unpaired) electrons. The maximum atomic E-state index is 5.09. The van der Waals surface area contributed by atoms with E-state index in [9.17, 15) is 0 Å². The summed E-state index contributed by atoms with van der Waals surface area (Å²) in [6.45, 7) is 3.56. The Morgan fingerprint density at radius 1 is 1.83 bits per heavy atom. The minimum atomic E-state index is 0.560. The first-order valence-corrected chi connectivity index (χ1v) is 2.25. The van der Waals surface area contributed by atoms with Crippen molar-refractivity contribution in [3.05, 3.63) is 6.92 Å². The third-order valence-electron chi connectivity index (χ3n) is 0.423. The van der Waals surface area contributed by atoms with E-state index < -0.39 is 0 Å². The molecule has 0 rings (SSSR count). The SMILES string of the molecule is [CH2]CCC(N)=S. The highest BCUT2D eigenvalue weighted by Gasteiger charge is 1.79. The van der Waals surface area contributed by atoms with Crippen LogP contribution >= 0.6 is 12.2 Å². The third kappa shape index (κ3) is 3.89. The van der Waals surface area contributed by atoms with Crippen molar-refractivity contribution in [2.75, 3.05) is 0 Å². The summed E-state index contributed by atoms with van der Waals surface area (Å²) < 4.78 is 0. The van der Waals surface area contributed by atoms with Gasteiger partial charge in [-0.05, 0) is 12.8 Å². The molecule has 0 amide bonds. The van der Waals surface area contributed by atoms with Gasteiger partial charge >= 0.3 is 0 Å². The molecule has 0 spiro atoms. The van der Waals surface area contributed by atoms with Crippen LogP contribution in [0.2, 0.25) is 0 Å². The molecule has 6 heavy (non-hydrogen) atoms. The predicted octanol–water partition coefficient (Wildman–Crippen LogP) is 0.887. The van der Waals surface area contributed by atoms with Gasteiger partial charge in [-0.3, -0.25) is 0 Å². The normalized spacial score (nSPS) is 8.17. The van der Waals surface area contributed by atoms with Crippen LogP contribution in [0.1, 0.15) is 12.8 Å². The Kier molecular flexibility index (Phi) is 3.04.